The number of hydrogen-bond acceptors (Lipinski definition) is 0. The van der Waals surface area contributed by atoms with E-state index in [1.165, 1.54) is 12.0 Å². The van der Waals surface area contributed by atoms with Crippen molar-refractivity contribution in [3.8, 4) is 0 Å². The molecule has 0 heterocycles. The minimum atomic E-state index is 0. The Hall–Kier alpha value is 0.194. The standard InChI is InChI=1S/C8H12.Ti/c1-3-8-5-4-7(2)6-8;/h4-7H,3H2,1-2H3;. The van der Waals surface area contributed by atoms with Crippen molar-refractivity contribution in [3.63, 3.8) is 0 Å². The van der Waals surface area contributed by atoms with Gasteiger partial charge in [0.1, 0.15) is 0 Å². The summed E-state index contributed by atoms with van der Waals surface area (Å²) in [6, 6.07) is 0. The number of hydrogen-bond donors (Lipinski definition) is 0. The molecule has 9 heavy (non-hydrogen) atoms. The minimum absolute atomic E-state index is 0. The monoisotopic (exact) mass is 156 g/mol. The van der Waals surface area contributed by atoms with E-state index in [4.69, 9.17) is 0 Å². The molecule has 1 atom stereocenters. The summed E-state index contributed by atoms with van der Waals surface area (Å²) in [6.45, 7) is 4.40. The normalized spacial score (nSPS) is 23.3. The fourth-order valence-corrected chi connectivity index (χ4v) is 0.960. The number of rotatable bonds is 1. The van der Waals surface area contributed by atoms with Gasteiger partial charge in [0.05, 0.1) is 0 Å². The van der Waals surface area contributed by atoms with Crippen molar-refractivity contribution in [2.45, 2.75) is 20.3 Å². The molecule has 0 saturated carbocycles. The van der Waals surface area contributed by atoms with E-state index in [0.29, 0.717) is 5.92 Å². The van der Waals surface area contributed by atoms with Gasteiger partial charge in [0.25, 0.3) is 0 Å². The molecule has 0 radical (unpaired) electrons. The second-order valence-corrected chi connectivity index (χ2v) is 2.31. The Kier molecular flexibility index (Phi) is 4.17. The van der Waals surface area contributed by atoms with Crippen LogP contribution < -0.4 is 0 Å². The molecular formula is C8H12Ti. The molecule has 0 saturated heterocycles. The van der Waals surface area contributed by atoms with E-state index in [9.17, 15) is 0 Å². The fourth-order valence-electron chi connectivity index (χ4n) is 0.960. The molecule has 0 spiro atoms. The van der Waals surface area contributed by atoms with E-state index < -0.39 is 0 Å². The Morgan fingerprint density at radius 1 is 1.56 bits per heavy atom. The minimum Gasteiger partial charge on any atom is -0.0776 e. The summed E-state index contributed by atoms with van der Waals surface area (Å²) >= 11 is 0. The van der Waals surface area contributed by atoms with Crippen LogP contribution in [0.2, 0.25) is 0 Å². The van der Waals surface area contributed by atoms with Gasteiger partial charge in [-0.15, -0.1) is 0 Å². The predicted molar refractivity (Wildman–Crippen MR) is 36.7 cm³/mol. The summed E-state index contributed by atoms with van der Waals surface area (Å²) in [5, 5.41) is 0. The molecule has 0 aromatic rings. The van der Waals surface area contributed by atoms with Crippen molar-refractivity contribution in [2.24, 2.45) is 5.92 Å². The third kappa shape index (κ3) is 2.51. The van der Waals surface area contributed by atoms with Gasteiger partial charge in [-0.25, -0.2) is 0 Å². The van der Waals surface area contributed by atoms with Crippen LogP contribution in [0.25, 0.3) is 0 Å². The summed E-state index contributed by atoms with van der Waals surface area (Å²) < 4.78 is 0. The first kappa shape index (κ1) is 9.19. The maximum Gasteiger partial charge on any atom is 0 e. The first-order valence-corrected chi connectivity index (χ1v) is 3.22. The van der Waals surface area contributed by atoms with Crippen LogP contribution in [0.1, 0.15) is 20.3 Å². The van der Waals surface area contributed by atoms with Gasteiger partial charge in [-0.05, 0) is 12.3 Å². The van der Waals surface area contributed by atoms with Crippen LogP contribution in [0.5, 0.6) is 0 Å². The van der Waals surface area contributed by atoms with E-state index in [2.05, 4.69) is 32.1 Å². The maximum absolute atomic E-state index is 2.31. The van der Waals surface area contributed by atoms with Crippen LogP contribution in [-0.2, 0) is 21.7 Å². The molecule has 1 aliphatic rings. The van der Waals surface area contributed by atoms with Crippen LogP contribution in [0.4, 0.5) is 0 Å². The van der Waals surface area contributed by atoms with Gasteiger partial charge in [0.15, 0.2) is 0 Å². The molecule has 0 amide bonds. The number of allylic oxidation sites excluding steroid dienone is 4. The SMILES string of the molecule is CCC1=CC(C)C=C1.[Ti]. The zero-order valence-electron chi connectivity index (χ0n) is 6.02. The second-order valence-electron chi connectivity index (χ2n) is 2.31. The zero-order valence-corrected chi connectivity index (χ0v) is 7.58. The molecule has 0 aromatic carbocycles. The summed E-state index contributed by atoms with van der Waals surface area (Å²) in [7, 11) is 0. The third-order valence-electron chi connectivity index (χ3n) is 1.50. The average Bonchev–Trinajstić information content (AvgIpc) is 2.14. The van der Waals surface area contributed by atoms with Crippen molar-refractivity contribution in [2.75, 3.05) is 0 Å². The Morgan fingerprint density at radius 3 is 2.44 bits per heavy atom. The van der Waals surface area contributed by atoms with Gasteiger partial charge in [-0.2, -0.15) is 0 Å². The molecule has 1 heteroatoms. The fraction of sp³-hybridized carbons (Fsp3) is 0.500. The summed E-state index contributed by atoms with van der Waals surface area (Å²) in [5.41, 5.74) is 1.48. The Bertz CT molecular complexity index is 134. The molecule has 1 rings (SSSR count). The topological polar surface area (TPSA) is 0 Å². The van der Waals surface area contributed by atoms with Crippen molar-refractivity contribution in [1.29, 1.82) is 0 Å². The van der Waals surface area contributed by atoms with E-state index in [0.717, 1.165) is 0 Å². The summed E-state index contributed by atoms with van der Waals surface area (Å²) in [5.74, 6) is 0.685. The molecule has 0 bridgehead atoms. The average molecular weight is 156 g/mol. The van der Waals surface area contributed by atoms with Crippen LogP contribution in [0.15, 0.2) is 23.8 Å². The van der Waals surface area contributed by atoms with Crippen molar-refractivity contribution < 1.29 is 21.7 Å². The van der Waals surface area contributed by atoms with Crippen LogP contribution in [-0.4, -0.2) is 0 Å². The first-order valence-electron chi connectivity index (χ1n) is 3.22. The molecule has 0 aromatic heterocycles. The Morgan fingerprint density at radius 2 is 2.22 bits per heavy atom. The molecule has 1 unspecified atom stereocenters. The first-order chi connectivity index (χ1) is 3.83. The van der Waals surface area contributed by atoms with E-state index in [1.54, 1.807) is 0 Å². The largest absolute Gasteiger partial charge is 0.0776 e. The predicted octanol–water partition coefficient (Wildman–Crippen LogP) is 2.53. The Labute approximate surface area is 71.9 Å². The van der Waals surface area contributed by atoms with Gasteiger partial charge in [-0.3, -0.25) is 0 Å². The Balaban J connectivity index is 0.000000640. The molecule has 0 N–H and O–H groups in total. The molecule has 0 aliphatic heterocycles. The van der Waals surface area contributed by atoms with E-state index in [-0.39, 0.29) is 21.7 Å². The van der Waals surface area contributed by atoms with Gasteiger partial charge in [0.2, 0.25) is 0 Å². The molecule has 0 nitrogen and oxygen atoms in total. The third-order valence-corrected chi connectivity index (χ3v) is 1.50. The van der Waals surface area contributed by atoms with Crippen LogP contribution in [0.3, 0.4) is 0 Å². The zero-order chi connectivity index (χ0) is 5.98. The van der Waals surface area contributed by atoms with Crippen molar-refractivity contribution >= 4 is 0 Å². The van der Waals surface area contributed by atoms with Gasteiger partial charge in [0, 0.05) is 21.7 Å². The maximum atomic E-state index is 2.31. The van der Waals surface area contributed by atoms with Gasteiger partial charge in [-0.1, -0.05) is 37.6 Å². The summed E-state index contributed by atoms with van der Waals surface area (Å²) in [6.07, 6.45) is 7.93. The second kappa shape index (κ2) is 4.08. The van der Waals surface area contributed by atoms with E-state index in [1.807, 2.05) is 0 Å². The van der Waals surface area contributed by atoms with E-state index >= 15 is 0 Å². The van der Waals surface area contributed by atoms with Gasteiger partial charge >= 0.3 is 0 Å². The van der Waals surface area contributed by atoms with Crippen molar-refractivity contribution in [1.82, 2.24) is 0 Å². The molecule has 0 fully saturated rings. The molecule has 48 valence electrons. The van der Waals surface area contributed by atoms with Crippen LogP contribution >= 0.6 is 0 Å². The molecule has 1 aliphatic carbocycles. The smallest absolute Gasteiger partial charge is 0 e. The molecular weight excluding hydrogens is 144 g/mol. The van der Waals surface area contributed by atoms with Gasteiger partial charge < -0.3 is 0 Å². The summed E-state index contributed by atoms with van der Waals surface area (Å²) in [4.78, 5) is 0. The quantitative estimate of drug-likeness (QED) is 0.511. The van der Waals surface area contributed by atoms with Crippen LogP contribution in [0, 0.1) is 5.92 Å². The van der Waals surface area contributed by atoms with Crippen molar-refractivity contribution in [3.05, 3.63) is 23.8 Å².